The number of hydrogen-bond acceptors (Lipinski definition) is 5. The SMILES string of the molecule is COC(=O)[C@H]1CC[C@H](N(C)CC2CCN(c3ccc(C(=N)N)cc3)CC2)CC1.Cl.Cl. The maximum atomic E-state index is 11.7. The summed E-state index contributed by atoms with van der Waals surface area (Å²) in [6.07, 6.45) is 6.51. The summed E-state index contributed by atoms with van der Waals surface area (Å²) in [6.45, 7) is 3.30. The fraction of sp³-hybridized carbons (Fsp3) is 0.636. The molecule has 170 valence electrons. The van der Waals surface area contributed by atoms with Crippen molar-refractivity contribution in [3.05, 3.63) is 29.8 Å². The zero-order chi connectivity index (χ0) is 20.1. The second-order valence-corrected chi connectivity index (χ2v) is 8.36. The molecule has 2 aliphatic rings. The molecule has 0 bridgehead atoms. The highest BCUT2D eigenvalue weighted by atomic mass is 35.5. The van der Waals surface area contributed by atoms with Crippen LogP contribution in [0.3, 0.4) is 0 Å². The Labute approximate surface area is 192 Å². The van der Waals surface area contributed by atoms with Crippen LogP contribution in [0.5, 0.6) is 0 Å². The minimum atomic E-state index is -0.0372. The summed E-state index contributed by atoms with van der Waals surface area (Å²) >= 11 is 0. The van der Waals surface area contributed by atoms with E-state index >= 15 is 0 Å². The minimum Gasteiger partial charge on any atom is -0.469 e. The number of esters is 1. The molecule has 0 unspecified atom stereocenters. The van der Waals surface area contributed by atoms with E-state index in [-0.39, 0.29) is 42.5 Å². The third kappa shape index (κ3) is 6.76. The van der Waals surface area contributed by atoms with Crippen molar-refractivity contribution in [3.8, 4) is 0 Å². The van der Waals surface area contributed by atoms with Crippen molar-refractivity contribution in [2.75, 3.05) is 38.7 Å². The number of piperidine rings is 1. The lowest BCUT2D eigenvalue weighted by molar-refractivity contribution is -0.146. The standard InChI is InChI=1S/C22H34N4O2.2ClH/c1-25(19-7-5-18(6-8-19)22(27)28-2)15-16-11-13-26(14-12-16)20-9-3-17(4-10-20)21(23)24;;/h3-4,9-10,16,18-19H,5-8,11-15H2,1-2H3,(H3,23,24);2*1H/t18-,19-;;. The van der Waals surface area contributed by atoms with Gasteiger partial charge < -0.3 is 20.3 Å². The molecule has 2 fully saturated rings. The fourth-order valence-corrected chi connectivity index (χ4v) is 4.70. The van der Waals surface area contributed by atoms with Crippen LogP contribution in [0.25, 0.3) is 0 Å². The molecule has 0 spiro atoms. The molecule has 1 aliphatic carbocycles. The van der Waals surface area contributed by atoms with Gasteiger partial charge in [0.1, 0.15) is 5.84 Å². The van der Waals surface area contributed by atoms with Crippen LogP contribution in [0, 0.1) is 17.2 Å². The first-order valence-electron chi connectivity index (χ1n) is 10.5. The van der Waals surface area contributed by atoms with Gasteiger partial charge in [-0.1, -0.05) is 0 Å². The molecule has 0 amide bonds. The van der Waals surface area contributed by atoms with E-state index < -0.39 is 0 Å². The first-order valence-corrected chi connectivity index (χ1v) is 10.5. The molecule has 0 atom stereocenters. The Hall–Kier alpha value is -1.50. The number of carbonyl (C=O) groups excluding carboxylic acids is 1. The van der Waals surface area contributed by atoms with E-state index in [2.05, 4.69) is 29.0 Å². The molecular weight excluding hydrogens is 423 g/mol. The van der Waals surface area contributed by atoms with Crippen LogP contribution < -0.4 is 10.6 Å². The smallest absolute Gasteiger partial charge is 0.308 e. The molecule has 1 saturated heterocycles. The number of halogens is 2. The van der Waals surface area contributed by atoms with E-state index in [1.807, 2.05) is 12.1 Å². The summed E-state index contributed by atoms with van der Waals surface area (Å²) in [5.41, 5.74) is 7.54. The van der Waals surface area contributed by atoms with Crippen LogP contribution in [-0.4, -0.2) is 56.5 Å². The third-order valence-electron chi connectivity index (χ3n) is 6.56. The number of anilines is 1. The zero-order valence-corrected chi connectivity index (χ0v) is 19.6. The lowest BCUT2D eigenvalue weighted by Gasteiger charge is -2.39. The summed E-state index contributed by atoms with van der Waals surface area (Å²) in [6, 6.07) is 8.61. The van der Waals surface area contributed by atoms with Gasteiger partial charge in [-0.15, -0.1) is 24.8 Å². The first-order chi connectivity index (χ1) is 13.5. The predicted molar refractivity (Wildman–Crippen MR) is 127 cm³/mol. The number of methoxy groups -OCH3 is 1. The highest BCUT2D eigenvalue weighted by Crippen LogP contribution is 2.30. The molecule has 30 heavy (non-hydrogen) atoms. The lowest BCUT2D eigenvalue weighted by Crippen LogP contribution is -2.42. The Morgan fingerprint density at radius 2 is 1.67 bits per heavy atom. The zero-order valence-electron chi connectivity index (χ0n) is 18.0. The normalized spacial score (nSPS) is 22.0. The molecule has 1 aromatic rings. The molecule has 0 radical (unpaired) electrons. The number of ether oxygens (including phenoxy) is 1. The van der Waals surface area contributed by atoms with E-state index in [4.69, 9.17) is 15.9 Å². The van der Waals surface area contributed by atoms with Crippen molar-refractivity contribution >= 4 is 42.3 Å². The van der Waals surface area contributed by atoms with Crippen LogP contribution in [0.2, 0.25) is 0 Å². The van der Waals surface area contributed by atoms with E-state index in [1.165, 1.54) is 25.6 Å². The quantitative estimate of drug-likeness (QED) is 0.385. The number of benzene rings is 1. The van der Waals surface area contributed by atoms with E-state index in [0.717, 1.165) is 56.8 Å². The van der Waals surface area contributed by atoms with Crippen molar-refractivity contribution in [2.45, 2.75) is 44.6 Å². The number of rotatable bonds is 6. The highest BCUT2D eigenvalue weighted by Gasteiger charge is 2.30. The van der Waals surface area contributed by atoms with Gasteiger partial charge in [0.05, 0.1) is 13.0 Å². The summed E-state index contributed by atoms with van der Waals surface area (Å²) < 4.78 is 4.90. The first kappa shape index (κ1) is 26.5. The van der Waals surface area contributed by atoms with Gasteiger partial charge in [0.15, 0.2) is 0 Å². The molecule has 1 heterocycles. The van der Waals surface area contributed by atoms with Crippen LogP contribution in [0.4, 0.5) is 5.69 Å². The number of nitrogens with zero attached hydrogens (tertiary/aromatic N) is 2. The topological polar surface area (TPSA) is 82.7 Å². The molecule has 3 N–H and O–H groups in total. The van der Waals surface area contributed by atoms with Gasteiger partial charge in [0.25, 0.3) is 0 Å². The maximum Gasteiger partial charge on any atom is 0.308 e. The Morgan fingerprint density at radius 1 is 1.10 bits per heavy atom. The average Bonchev–Trinajstić information content (AvgIpc) is 2.74. The van der Waals surface area contributed by atoms with Gasteiger partial charge in [-0.05, 0) is 75.8 Å². The van der Waals surface area contributed by atoms with Crippen molar-refractivity contribution in [1.29, 1.82) is 5.41 Å². The highest BCUT2D eigenvalue weighted by molar-refractivity contribution is 5.95. The van der Waals surface area contributed by atoms with Gasteiger partial charge in [-0.2, -0.15) is 0 Å². The number of hydrogen-bond donors (Lipinski definition) is 2. The second-order valence-electron chi connectivity index (χ2n) is 8.36. The number of nitrogens with two attached hydrogens (primary N) is 1. The molecule has 3 rings (SSSR count). The van der Waals surface area contributed by atoms with Gasteiger partial charge in [0.2, 0.25) is 0 Å². The van der Waals surface area contributed by atoms with Crippen LogP contribution in [-0.2, 0) is 9.53 Å². The molecule has 6 nitrogen and oxygen atoms in total. The Balaban J connectivity index is 0.00000225. The molecule has 8 heteroatoms. The summed E-state index contributed by atoms with van der Waals surface area (Å²) in [7, 11) is 3.74. The van der Waals surface area contributed by atoms with Crippen molar-refractivity contribution in [1.82, 2.24) is 4.90 Å². The van der Waals surface area contributed by atoms with Crippen molar-refractivity contribution < 1.29 is 9.53 Å². The fourth-order valence-electron chi connectivity index (χ4n) is 4.70. The van der Waals surface area contributed by atoms with E-state index in [1.54, 1.807) is 0 Å². The molecule has 1 aromatic carbocycles. The van der Waals surface area contributed by atoms with Gasteiger partial charge in [-0.3, -0.25) is 10.2 Å². The van der Waals surface area contributed by atoms with Gasteiger partial charge >= 0.3 is 5.97 Å². The summed E-state index contributed by atoms with van der Waals surface area (Å²) in [5.74, 6) is 0.919. The van der Waals surface area contributed by atoms with Crippen LogP contribution in [0.15, 0.2) is 24.3 Å². The second kappa shape index (κ2) is 12.4. The Morgan fingerprint density at radius 3 is 2.17 bits per heavy atom. The van der Waals surface area contributed by atoms with Crippen LogP contribution >= 0.6 is 24.8 Å². The molecular formula is C22H36Cl2N4O2. The van der Waals surface area contributed by atoms with Crippen molar-refractivity contribution in [2.24, 2.45) is 17.6 Å². The molecule has 1 aliphatic heterocycles. The molecule has 1 saturated carbocycles. The number of nitrogen functional groups attached to an aromatic ring is 1. The predicted octanol–water partition coefficient (Wildman–Crippen LogP) is 3.69. The average molecular weight is 459 g/mol. The largest absolute Gasteiger partial charge is 0.469 e. The number of amidine groups is 1. The van der Waals surface area contributed by atoms with Gasteiger partial charge in [-0.25, -0.2) is 0 Å². The maximum absolute atomic E-state index is 11.7. The Kier molecular flexibility index (Phi) is 10.9. The summed E-state index contributed by atoms with van der Waals surface area (Å²) in [4.78, 5) is 16.7. The monoisotopic (exact) mass is 458 g/mol. The lowest BCUT2D eigenvalue weighted by atomic mass is 9.85. The minimum absolute atomic E-state index is 0. The number of carbonyl (C=O) groups is 1. The van der Waals surface area contributed by atoms with E-state index in [0.29, 0.717) is 6.04 Å². The third-order valence-corrected chi connectivity index (χ3v) is 6.56. The van der Waals surface area contributed by atoms with Crippen LogP contribution in [0.1, 0.15) is 44.1 Å². The molecule has 0 aromatic heterocycles. The summed E-state index contributed by atoms with van der Waals surface area (Å²) in [5, 5.41) is 7.50. The van der Waals surface area contributed by atoms with Gasteiger partial charge in [0, 0.05) is 36.9 Å². The number of nitrogens with one attached hydrogen (secondary N) is 1. The Bertz CT molecular complexity index is 670. The van der Waals surface area contributed by atoms with E-state index in [9.17, 15) is 4.79 Å². The van der Waals surface area contributed by atoms with Crippen molar-refractivity contribution in [3.63, 3.8) is 0 Å².